The number of nitrogens with zero attached hydrogens (tertiary/aromatic N) is 1. The highest BCUT2D eigenvalue weighted by atomic mass is 16.6. The second-order valence-corrected chi connectivity index (χ2v) is 5.58. The van der Waals surface area contributed by atoms with E-state index in [-0.39, 0.29) is 12.0 Å². The monoisotopic (exact) mass is 228 g/mol. The van der Waals surface area contributed by atoms with Crippen molar-refractivity contribution in [3.05, 3.63) is 0 Å². The van der Waals surface area contributed by atoms with Crippen LogP contribution in [-0.2, 0) is 9.53 Å². The molecule has 0 amide bonds. The third kappa shape index (κ3) is 3.76. The maximum atomic E-state index is 12.0. The first-order valence-corrected chi connectivity index (χ1v) is 6.00. The van der Waals surface area contributed by atoms with Gasteiger partial charge in [-0.3, -0.25) is 9.69 Å². The van der Waals surface area contributed by atoms with Crippen molar-refractivity contribution in [2.45, 2.75) is 52.3 Å². The van der Waals surface area contributed by atoms with E-state index < -0.39 is 5.60 Å². The molecule has 1 unspecified atom stereocenters. The van der Waals surface area contributed by atoms with Gasteiger partial charge in [0.1, 0.15) is 11.6 Å². The van der Waals surface area contributed by atoms with Gasteiger partial charge in [0.15, 0.2) is 0 Å². The largest absolute Gasteiger partial charge is 0.459 e. The molecular formula is C12H24N2O2. The van der Waals surface area contributed by atoms with E-state index >= 15 is 0 Å². The van der Waals surface area contributed by atoms with Crippen LogP contribution in [-0.4, -0.2) is 48.2 Å². The number of ether oxygens (including phenoxy) is 1. The van der Waals surface area contributed by atoms with E-state index in [4.69, 9.17) is 4.74 Å². The molecule has 4 heteroatoms. The Morgan fingerprint density at radius 2 is 2.06 bits per heavy atom. The third-order valence-electron chi connectivity index (χ3n) is 2.63. The van der Waals surface area contributed by atoms with Crippen LogP contribution in [0.5, 0.6) is 0 Å². The summed E-state index contributed by atoms with van der Waals surface area (Å²) in [5, 5.41) is 3.24. The Balaban J connectivity index is 2.64. The fraction of sp³-hybridized carbons (Fsp3) is 0.917. The number of rotatable bonds is 2. The van der Waals surface area contributed by atoms with Gasteiger partial charge in [0.05, 0.1) is 0 Å². The molecule has 1 N–H and O–H groups in total. The van der Waals surface area contributed by atoms with Gasteiger partial charge < -0.3 is 10.1 Å². The van der Waals surface area contributed by atoms with Crippen LogP contribution in [0.15, 0.2) is 0 Å². The van der Waals surface area contributed by atoms with Crippen LogP contribution in [0.25, 0.3) is 0 Å². The topological polar surface area (TPSA) is 41.6 Å². The molecule has 1 heterocycles. The Kier molecular flexibility index (Phi) is 4.33. The van der Waals surface area contributed by atoms with E-state index in [9.17, 15) is 4.79 Å². The zero-order valence-electron chi connectivity index (χ0n) is 11.0. The van der Waals surface area contributed by atoms with Crippen LogP contribution >= 0.6 is 0 Å². The zero-order valence-corrected chi connectivity index (χ0v) is 11.0. The molecule has 1 fully saturated rings. The summed E-state index contributed by atoms with van der Waals surface area (Å²) in [6, 6.07) is 0.229. The van der Waals surface area contributed by atoms with Gasteiger partial charge in [-0.15, -0.1) is 0 Å². The second kappa shape index (κ2) is 5.15. The Labute approximate surface area is 98.3 Å². The summed E-state index contributed by atoms with van der Waals surface area (Å²) < 4.78 is 5.44. The molecule has 1 saturated heterocycles. The lowest BCUT2D eigenvalue weighted by molar-refractivity contribution is -0.163. The minimum atomic E-state index is -0.406. The molecule has 0 saturated carbocycles. The molecule has 0 aromatic heterocycles. The number of carbonyl (C=O) groups is 1. The first kappa shape index (κ1) is 13.5. The van der Waals surface area contributed by atoms with Gasteiger partial charge in [-0.05, 0) is 34.6 Å². The Bertz CT molecular complexity index is 246. The molecule has 0 spiro atoms. The van der Waals surface area contributed by atoms with Gasteiger partial charge >= 0.3 is 5.97 Å². The van der Waals surface area contributed by atoms with Crippen LogP contribution < -0.4 is 5.32 Å². The molecule has 94 valence electrons. The normalized spacial score (nSPS) is 23.5. The van der Waals surface area contributed by atoms with Crippen molar-refractivity contribution in [2.75, 3.05) is 19.6 Å². The van der Waals surface area contributed by atoms with Crippen molar-refractivity contribution in [1.82, 2.24) is 10.2 Å². The summed E-state index contributed by atoms with van der Waals surface area (Å²) in [7, 11) is 0. The molecule has 0 aromatic carbocycles. The lowest BCUT2D eigenvalue weighted by Gasteiger charge is -2.38. The molecule has 0 radical (unpaired) electrons. The molecule has 0 aromatic rings. The smallest absolute Gasteiger partial charge is 0.325 e. The van der Waals surface area contributed by atoms with Gasteiger partial charge in [0.25, 0.3) is 0 Å². The highest BCUT2D eigenvalue weighted by molar-refractivity contribution is 5.76. The SMILES string of the molecule is CC(C)N1CCNCC1C(=O)OC(C)(C)C. The lowest BCUT2D eigenvalue weighted by Crippen LogP contribution is -2.58. The van der Waals surface area contributed by atoms with Crippen molar-refractivity contribution in [1.29, 1.82) is 0 Å². The van der Waals surface area contributed by atoms with Crippen LogP contribution in [0.4, 0.5) is 0 Å². The Hall–Kier alpha value is -0.610. The van der Waals surface area contributed by atoms with E-state index in [0.29, 0.717) is 12.6 Å². The molecule has 1 aliphatic rings. The minimum Gasteiger partial charge on any atom is -0.459 e. The van der Waals surface area contributed by atoms with Crippen molar-refractivity contribution in [2.24, 2.45) is 0 Å². The molecular weight excluding hydrogens is 204 g/mol. The average molecular weight is 228 g/mol. The summed E-state index contributed by atoms with van der Waals surface area (Å²) in [4.78, 5) is 14.2. The molecule has 1 aliphatic heterocycles. The predicted molar refractivity (Wildman–Crippen MR) is 64.3 cm³/mol. The van der Waals surface area contributed by atoms with Gasteiger partial charge in [-0.1, -0.05) is 0 Å². The zero-order chi connectivity index (χ0) is 12.3. The van der Waals surface area contributed by atoms with Crippen LogP contribution in [0, 0.1) is 0 Å². The van der Waals surface area contributed by atoms with Gasteiger partial charge in [-0.25, -0.2) is 0 Å². The molecule has 1 atom stereocenters. The highest BCUT2D eigenvalue weighted by Crippen LogP contribution is 2.14. The van der Waals surface area contributed by atoms with Crippen molar-refractivity contribution in [3.8, 4) is 0 Å². The fourth-order valence-electron chi connectivity index (χ4n) is 1.93. The first-order chi connectivity index (χ1) is 7.31. The summed E-state index contributed by atoms with van der Waals surface area (Å²) in [6.07, 6.45) is 0. The number of hydrogen-bond acceptors (Lipinski definition) is 4. The van der Waals surface area contributed by atoms with E-state index in [2.05, 4.69) is 24.1 Å². The first-order valence-electron chi connectivity index (χ1n) is 6.00. The highest BCUT2D eigenvalue weighted by Gasteiger charge is 2.33. The summed E-state index contributed by atoms with van der Waals surface area (Å²) in [6.45, 7) is 12.5. The molecule has 1 rings (SSSR count). The number of piperazine rings is 1. The second-order valence-electron chi connectivity index (χ2n) is 5.58. The number of nitrogens with one attached hydrogen (secondary N) is 1. The van der Waals surface area contributed by atoms with E-state index in [1.54, 1.807) is 0 Å². The summed E-state index contributed by atoms with van der Waals surface area (Å²) >= 11 is 0. The van der Waals surface area contributed by atoms with E-state index in [1.165, 1.54) is 0 Å². The minimum absolute atomic E-state index is 0.117. The predicted octanol–water partition coefficient (Wildman–Crippen LogP) is 1.01. The number of carbonyl (C=O) groups excluding carboxylic acids is 1. The summed E-state index contributed by atoms with van der Waals surface area (Å²) in [5.74, 6) is -0.117. The quantitative estimate of drug-likeness (QED) is 0.716. The van der Waals surface area contributed by atoms with E-state index in [1.807, 2.05) is 20.8 Å². The maximum absolute atomic E-state index is 12.0. The Morgan fingerprint density at radius 1 is 1.44 bits per heavy atom. The van der Waals surface area contributed by atoms with Crippen molar-refractivity contribution in [3.63, 3.8) is 0 Å². The average Bonchev–Trinajstić information content (AvgIpc) is 2.15. The van der Waals surface area contributed by atoms with Gasteiger partial charge in [-0.2, -0.15) is 0 Å². The van der Waals surface area contributed by atoms with E-state index in [0.717, 1.165) is 13.1 Å². The summed E-state index contributed by atoms with van der Waals surface area (Å²) in [5.41, 5.74) is -0.406. The van der Waals surface area contributed by atoms with Gasteiger partial charge in [0, 0.05) is 25.7 Å². The van der Waals surface area contributed by atoms with Gasteiger partial charge in [0.2, 0.25) is 0 Å². The molecule has 0 bridgehead atoms. The fourth-order valence-corrected chi connectivity index (χ4v) is 1.93. The molecule has 4 nitrogen and oxygen atoms in total. The van der Waals surface area contributed by atoms with Crippen molar-refractivity contribution < 1.29 is 9.53 Å². The van der Waals surface area contributed by atoms with Crippen LogP contribution in [0.3, 0.4) is 0 Å². The van der Waals surface area contributed by atoms with Crippen molar-refractivity contribution >= 4 is 5.97 Å². The number of hydrogen-bond donors (Lipinski definition) is 1. The Morgan fingerprint density at radius 3 is 2.56 bits per heavy atom. The number of esters is 1. The molecule has 16 heavy (non-hydrogen) atoms. The standard InChI is InChI=1S/C12H24N2O2/c1-9(2)14-7-6-13-8-10(14)11(15)16-12(3,4)5/h9-10,13H,6-8H2,1-5H3. The maximum Gasteiger partial charge on any atom is 0.325 e. The van der Waals surface area contributed by atoms with Crippen LogP contribution in [0.2, 0.25) is 0 Å². The molecule has 0 aliphatic carbocycles. The van der Waals surface area contributed by atoms with Crippen LogP contribution in [0.1, 0.15) is 34.6 Å². The lowest BCUT2D eigenvalue weighted by atomic mass is 10.1. The third-order valence-corrected chi connectivity index (χ3v) is 2.63.